The summed E-state index contributed by atoms with van der Waals surface area (Å²) in [5.41, 5.74) is 8.53. The molecule has 2 N–H and O–H groups in total. The van der Waals surface area contributed by atoms with Crippen LogP contribution in [0.1, 0.15) is 38.4 Å². The van der Waals surface area contributed by atoms with Gasteiger partial charge in [-0.05, 0) is 26.3 Å². The molecule has 0 bridgehead atoms. The van der Waals surface area contributed by atoms with Crippen molar-refractivity contribution >= 4 is 23.9 Å². The minimum Gasteiger partial charge on any atom is -0.472 e. The van der Waals surface area contributed by atoms with Crippen LogP contribution in [-0.4, -0.2) is 45.9 Å². The largest absolute Gasteiger partial charge is 0.472 e. The third kappa shape index (κ3) is 6.15. The molecule has 0 saturated carbocycles. The van der Waals surface area contributed by atoms with Crippen molar-refractivity contribution in [2.24, 2.45) is 0 Å². The first-order chi connectivity index (χ1) is 11.3. The molecule has 0 unspecified atom stereocenters. The van der Waals surface area contributed by atoms with Gasteiger partial charge in [0.15, 0.2) is 6.10 Å². The number of hydrogen-bond donors (Lipinski definition) is 2. The summed E-state index contributed by atoms with van der Waals surface area (Å²) in [6, 6.07) is 0.282. The number of carbonyl (C=O) groups excluding carboxylic acids is 3. The van der Waals surface area contributed by atoms with Gasteiger partial charge in [-0.1, -0.05) is 0 Å². The lowest BCUT2D eigenvalue weighted by Crippen LogP contribution is -2.44. The first-order valence-corrected chi connectivity index (χ1v) is 7.26. The van der Waals surface area contributed by atoms with Gasteiger partial charge in [-0.25, -0.2) is 4.79 Å². The first-order valence-electron chi connectivity index (χ1n) is 7.26. The Kier molecular flexibility index (Phi) is 7.54. The molecule has 24 heavy (non-hydrogen) atoms. The maximum absolute atomic E-state index is 12.1. The van der Waals surface area contributed by atoms with Crippen molar-refractivity contribution in [2.75, 3.05) is 0 Å². The molecule has 1 amide bonds. The number of esters is 1. The van der Waals surface area contributed by atoms with Gasteiger partial charge < -0.3 is 25.1 Å². The van der Waals surface area contributed by atoms with E-state index in [9.17, 15) is 19.5 Å². The monoisotopic (exact) mass is 337 g/mol. The van der Waals surface area contributed by atoms with Crippen molar-refractivity contribution in [2.45, 2.75) is 44.9 Å². The fourth-order valence-corrected chi connectivity index (χ4v) is 1.81. The number of hydrogen-bond acceptors (Lipinski definition) is 6. The molecule has 0 aliphatic rings. The fourth-order valence-electron chi connectivity index (χ4n) is 1.81. The smallest absolute Gasteiger partial charge is 0.328 e. The highest BCUT2D eigenvalue weighted by Crippen LogP contribution is 2.14. The summed E-state index contributed by atoms with van der Waals surface area (Å²) in [6.45, 7) is 3.28. The van der Waals surface area contributed by atoms with Crippen molar-refractivity contribution in [1.82, 2.24) is 5.32 Å². The zero-order valence-corrected chi connectivity index (χ0v) is 13.3. The van der Waals surface area contributed by atoms with Crippen LogP contribution in [0.25, 0.3) is 5.53 Å². The molecule has 2 atom stereocenters. The molecule has 130 valence electrons. The molecular weight excluding hydrogens is 318 g/mol. The molecule has 1 rings (SSSR count). The van der Waals surface area contributed by atoms with Gasteiger partial charge in [0.2, 0.25) is 5.78 Å². The maximum atomic E-state index is 12.1. The highest BCUT2D eigenvalue weighted by atomic mass is 16.5. The summed E-state index contributed by atoms with van der Waals surface area (Å²) in [5.74, 6) is -2.08. The average molecular weight is 337 g/mol. The Labute approximate surface area is 138 Å². The van der Waals surface area contributed by atoms with Crippen molar-refractivity contribution in [3.8, 4) is 0 Å². The van der Waals surface area contributed by atoms with Crippen molar-refractivity contribution in [3.05, 3.63) is 29.7 Å². The van der Waals surface area contributed by atoms with Crippen molar-refractivity contribution in [1.29, 1.82) is 0 Å². The summed E-state index contributed by atoms with van der Waals surface area (Å²) < 4.78 is 9.81. The number of furan rings is 1. The van der Waals surface area contributed by atoms with Crippen LogP contribution >= 0.6 is 0 Å². The molecule has 9 nitrogen and oxygen atoms in total. The van der Waals surface area contributed by atoms with Gasteiger partial charge in [0.05, 0.1) is 18.6 Å². The highest BCUT2D eigenvalue weighted by molar-refractivity contribution is 6.25. The van der Waals surface area contributed by atoms with Crippen LogP contribution in [0, 0.1) is 0 Å². The van der Waals surface area contributed by atoms with Crippen LogP contribution in [0.15, 0.2) is 23.0 Å². The van der Waals surface area contributed by atoms with Gasteiger partial charge in [0.25, 0.3) is 5.91 Å². The van der Waals surface area contributed by atoms with Crippen molar-refractivity contribution < 1.29 is 33.4 Å². The SMILES string of the molecule is CC(C)OC(=O)[C@H](CCC(=O)C=[N+]=[N-])NC(=O)[C@@H](O)c1ccoc1. The number of rotatable bonds is 9. The van der Waals surface area contributed by atoms with E-state index in [4.69, 9.17) is 14.7 Å². The van der Waals surface area contributed by atoms with E-state index in [1.54, 1.807) is 13.8 Å². The third-order valence-electron chi connectivity index (χ3n) is 2.94. The number of Topliss-reactive ketones (excluding diaryl/α,β-unsaturated/α-hetero) is 1. The molecule has 0 radical (unpaired) electrons. The molecular formula is C15H19N3O6. The molecule has 0 aliphatic carbocycles. The van der Waals surface area contributed by atoms with Crippen LogP contribution in [0.5, 0.6) is 0 Å². The van der Waals surface area contributed by atoms with Gasteiger partial charge in [0, 0.05) is 12.0 Å². The van der Waals surface area contributed by atoms with Crippen LogP contribution in [0.2, 0.25) is 0 Å². The lowest BCUT2D eigenvalue weighted by Gasteiger charge is -2.20. The predicted octanol–water partition coefficient (Wildman–Crippen LogP) is 0.399. The Balaban J connectivity index is 2.76. The number of ether oxygens (including phenoxy) is 1. The highest BCUT2D eigenvalue weighted by Gasteiger charge is 2.28. The fraction of sp³-hybridized carbons (Fsp3) is 0.467. The minimum atomic E-state index is -1.52. The van der Waals surface area contributed by atoms with Crippen LogP contribution in [-0.2, 0) is 19.1 Å². The zero-order chi connectivity index (χ0) is 18.1. The quantitative estimate of drug-likeness (QED) is 0.289. The van der Waals surface area contributed by atoms with E-state index in [0.29, 0.717) is 6.21 Å². The van der Waals surface area contributed by atoms with E-state index in [0.717, 1.165) is 0 Å². The summed E-state index contributed by atoms with van der Waals surface area (Å²) in [7, 11) is 0. The molecule has 9 heteroatoms. The second-order valence-electron chi connectivity index (χ2n) is 5.26. The van der Waals surface area contributed by atoms with E-state index >= 15 is 0 Å². The van der Waals surface area contributed by atoms with Gasteiger partial charge in [-0.3, -0.25) is 9.59 Å². The normalized spacial score (nSPS) is 12.8. The number of ketones is 1. The van der Waals surface area contributed by atoms with Crippen molar-refractivity contribution in [3.63, 3.8) is 0 Å². The Bertz CT molecular complexity index is 619. The molecule has 1 aromatic rings. The second-order valence-corrected chi connectivity index (χ2v) is 5.26. The number of aliphatic hydroxyl groups is 1. The predicted molar refractivity (Wildman–Crippen MR) is 80.8 cm³/mol. The number of nitrogens with zero attached hydrogens (tertiary/aromatic N) is 2. The summed E-state index contributed by atoms with van der Waals surface area (Å²) in [4.78, 5) is 38.1. The minimum absolute atomic E-state index is 0.0692. The van der Waals surface area contributed by atoms with Gasteiger partial charge in [-0.2, -0.15) is 4.79 Å². The van der Waals surface area contributed by atoms with E-state index in [1.165, 1.54) is 18.6 Å². The van der Waals surface area contributed by atoms with Crippen LogP contribution in [0.4, 0.5) is 0 Å². The Morgan fingerprint density at radius 1 is 1.46 bits per heavy atom. The van der Waals surface area contributed by atoms with Gasteiger partial charge >= 0.3 is 12.2 Å². The molecule has 0 saturated heterocycles. The Morgan fingerprint density at radius 2 is 2.17 bits per heavy atom. The number of amides is 1. The van der Waals surface area contributed by atoms with Crippen LogP contribution in [0.3, 0.4) is 0 Å². The lowest BCUT2D eigenvalue weighted by molar-refractivity contribution is -0.152. The van der Waals surface area contributed by atoms with E-state index in [-0.39, 0.29) is 18.4 Å². The summed E-state index contributed by atoms with van der Waals surface area (Å²) >= 11 is 0. The third-order valence-corrected chi connectivity index (χ3v) is 2.94. The molecule has 1 aromatic heterocycles. The average Bonchev–Trinajstić information content (AvgIpc) is 3.04. The molecule has 1 heterocycles. The topological polar surface area (TPSA) is 142 Å². The summed E-state index contributed by atoms with van der Waals surface area (Å²) in [5, 5.41) is 12.3. The summed E-state index contributed by atoms with van der Waals surface area (Å²) in [6.07, 6.45) is 1.05. The van der Waals surface area contributed by atoms with Gasteiger partial charge in [-0.15, -0.1) is 0 Å². The lowest BCUT2D eigenvalue weighted by atomic mass is 10.1. The first kappa shape index (κ1) is 19.3. The second kappa shape index (κ2) is 9.39. The number of nitrogens with one attached hydrogen (secondary N) is 1. The van der Waals surface area contributed by atoms with Gasteiger partial charge in [0.1, 0.15) is 6.04 Å². The number of aliphatic hydroxyl groups excluding tert-OH is 1. The maximum Gasteiger partial charge on any atom is 0.328 e. The van der Waals surface area contributed by atoms with E-state index < -0.39 is 35.9 Å². The van der Waals surface area contributed by atoms with E-state index in [1.807, 2.05) is 0 Å². The van der Waals surface area contributed by atoms with Crippen LogP contribution < -0.4 is 5.32 Å². The molecule has 0 aromatic carbocycles. The Morgan fingerprint density at radius 3 is 2.71 bits per heavy atom. The zero-order valence-electron chi connectivity index (χ0n) is 13.3. The Hall–Kier alpha value is -2.77. The number of carbonyl (C=O) groups is 3. The standard InChI is InChI=1S/C15H19N3O6/c1-9(2)24-15(22)12(4-3-11(19)7-17-16)18-14(21)13(20)10-5-6-23-8-10/h5-9,12-13,20H,3-4H2,1-2H3,(H,18,21)/t12-,13-/m0/s1. The molecule has 0 spiro atoms. The van der Waals surface area contributed by atoms with E-state index in [2.05, 4.69) is 10.1 Å². The molecule has 0 aliphatic heterocycles. The molecule has 0 fully saturated rings.